The Hall–Kier alpha value is -1.64. The first-order chi connectivity index (χ1) is 18.2. The van der Waals surface area contributed by atoms with E-state index in [4.69, 9.17) is 23.2 Å². The molecular weight excluding hydrogens is 669 g/mol. The molecule has 0 atom stereocenters. The molecule has 204 valence electrons. The van der Waals surface area contributed by atoms with Crippen molar-refractivity contribution in [1.82, 2.24) is 0 Å². The molecule has 0 saturated heterocycles. The third kappa shape index (κ3) is 9.18. The normalized spacial score (nSPS) is 10.0. The summed E-state index contributed by atoms with van der Waals surface area (Å²) in [5.74, 6) is 0. The third-order valence-corrected chi connectivity index (χ3v) is 6.53. The van der Waals surface area contributed by atoms with Crippen LogP contribution >= 0.6 is 48.0 Å². The molecule has 0 aromatic heterocycles. The Bertz CT molecular complexity index is 1590. The van der Waals surface area contributed by atoms with Crippen molar-refractivity contribution in [2.24, 2.45) is 0 Å². The Morgan fingerprint density at radius 2 is 0.925 bits per heavy atom. The van der Waals surface area contributed by atoms with Crippen LogP contribution in [0.3, 0.4) is 0 Å². The molecule has 0 nitrogen and oxygen atoms in total. The number of hydrogen-bond acceptors (Lipinski definition) is 0. The van der Waals surface area contributed by atoms with Crippen LogP contribution in [0, 0.1) is 13.8 Å². The number of benzene rings is 4. The largest absolute Gasteiger partial charge is 0.165 e. The maximum absolute atomic E-state index is 6.05. The molecule has 0 aliphatic carbocycles. The van der Waals surface area contributed by atoms with Crippen molar-refractivity contribution in [3.05, 3.63) is 130 Å². The molecule has 6 rings (SSSR count). The smallest absolute Gasteiger partial charge is 0.0411 e. The maximum atomic E-state index is 6.05. The molecule has 40 heavy (non-hydrogen) atoms. The standard InChI is InChI=1S/2C16H12Cl.C2H6Si.2ClH.Zr/c2*1-11-8-12-5-3-7-15(16(12)9-11)13-4-2-6-14(17)10-13;1-3-2;;;/h2*2-10H,1H3;1-2H3;2*1H;/q2*-1;;;;+2. The number of hydrogen-bond donors (Lipinski definition) is 0. The molecule has 6 heteroatoms. The van der Waals surface area contributed by atoms with Crippen LogP contribution in [0.15, 0.2) is 109 Å². The van der Waals surface area contributed by atoms with Crippen LogP contribution in [-0.4, -0.2) is 5.43 Å². The summed E-state index contributed by atoms with van der Waals surface area (Å²) in [6.45, 7) is 8.87. The van der Waals surface area contributed by atoms with Crippen LogP contribution in [0.1, 0.15) is 11.1 Å². The Labute approximate surface area is 275 Å². The molecule has 0 N–H and O–H groups in total. The van der Waals surface area contributed by atoms with E-state index < -0.39 is 0 Å². The first kappa shape index (κ1) is 34.6. The fourth-order valence-electron chi connectivity index (χ4n) is 4.58. The molecule has 0 radical (unpaired) electrons. The average Bonchev–Trinajstić information content (AvgIpc) is 3.44. The molecule has 0 fully saturated rings. The Morgan fingerprint density at radius 1 is 0.575 bits per heavy atom. The van der Waals surface area contributed by atoms with Gasteiger partial charge in [-0.05, 0) is 35.4 Å². The Balaban J connectivity index is 0.000000237. The van der Waals surface area contributed by atoms with E-state index in [1.165, 1.54) is 54.9 Å². The first-order valence-electron chi connectivity index (χ1n) is 12.6. The summed E-state index contributed by atoms with van der Waals surface area (Å²) in [6, 6.07) is 37.7. The molecule has 0 spiro atoms. The van der Waals surface area contributed by atoms with Crippen molar-refractivity contribution in [3.63, 3.8) is 0 Å². The zero-order valence-electron chi connectivity index (χ0n) is 23.0. The van der Waals surface area contributed by atoms with Crippen LogP contribution in [0.2, 0.25) is 23.1 Å². The molecule has 0 amide bonds. The summed E-state index contributed by atoms with van der Waals surface area (Å²) >= 11 is 13.8. The van der Waals surface area contributed by atoms with Crippen molar-refractivity contribution in [1.29, 1.82) is 0 Å². The van der Waals surface area contributed by atoms with Crippen LogP contribution in [-0.2, 0) is 23.3 Å². The minimum atomic E-state index is 0. The van der Waals surface area contributed by atoms with Crippen molar-refractivity contribution in [2.75, 3.05) is 0 Å². The van der Waals surface area contributed by atoms with E-state index in [1.807, 2.05) is 36.4 Å². The minimum Gasteiger partial charge on any atom is -0.165 e. The second-order valence-corrected chi connectivity index (χ2v) is 20.0. The van der Waals surface area contributed by atoms with E-state index in [1.54, 1.807) is 23.3 Å². The molecule has 0 bridgehead atoms. The van der Waals surface area contributed by atoms with Gasteiger partial charge in [0.05, 0.1) is 0 Å². The van der Waals surface area contributed by atoms with Gasteiger partial charge in [0.25, 0.3) is 0 Å². The topological polar surface area (TPSA) is 0 Å². The number of fused-ring (bicyclic) bond motifs is 2. The zero-order valence-corrected chi connectivity index (χ0v) is 29.6. The molecular formula is C34H32Cl4SiZr. The van der Waals surface area contributed by atoms with Gasteiger partial charge in [-0.15, -0.1) is 93.9 Å². The average molecular weight is 702 g/mol. The van der Waals surface area contributed by atoms with Gasteiger partial charge in [0, 0.05) is 10.0 Å². The molecule has 0 unspecified atom stereocenters. The Morgan fingerprint density at radius 3 is 1.27 bits per heavy atom. The monoisotopic (exact) mass is 698 g/mol. The predicted octanol–water partition coefficient (Wildman–Crippen LogP) is 12.0. The van der Waals surface area contributed by atoms with E-state index in [2.05, 4.69) is 99.7 Å². The minimum absolute atomic E-state index is 0. The van der Waals surface area contributed by atoms with Gasteiger partial charge in [-0.1, -0.05) is 84.6 Å². The van der Waals surface area contributed by atoms with Crippen molar-refractivity contribution < 1.29 is 23.3 Å². The SMILES string of the molecule is C[Si](C)=[Zr+2].Cc1cc2c(-c3cccc(Cl)c3)cccc2[cH-]1.Cc1cc2c(-c3cccc(Cl)c3)cccc2[cH-]1.Cl.Cl. The van der Waals surface area contributed by atoms with Crippen LogP contribution in [0.5, 0.6) is 0 Å². The fraction of sp³-hybridized carbons (Fsp3) is 0.118. The van der Waals surface area contributed by atoms with Crippen molar-refractivity contribution in [2.45, 2.75) is 26.9 Å². The molecule has 6 aromatic carbocycles. The van der Waals surface area contributed by atoms with E-state index in [0.717, 1.165) is 10.0 Å². The summed E-state index contributed by atoms with van der Waals surface area (Å²) < 4.78 is 0. The van der Waals surface area contributed by atoms with Gasteiger partial charge in [0.1, 0.15) is 0 Å². The molecule has 6 aromatic rings. The first-order valence-corrected chi connectivity index (χ1v) is 19.5. The molecule has 0 aliphatic rings. The quantitative estimate of drug-likeness (QED) is 0.125. The van der Waals surface area contributed by atoms with Gasteiger partial charge in [-0.25, -0.2) is 0 Å². The van der Waals surface area contributed by atoms with Crippen molar-refractivity contribution in [3.8, 4) is 22.3 Å². The van der Waals surface area contributed by atoms with E-state index in [9.17, 15) is 0 Å². The van der Waals surface area contributed by atoms with Gasteiger partial charge >= 0.3 is 41.9 Å². The second kappa shape index (κ2) is 16.1. The summed E-state index contributed by atoms with van der Waals surface area (Å²) in [7, 11) is 0. The van der Waals surface area contributed by atoms with Gasteiger partial charge < -0.3 is 0 Å². The van der Waals surface area contributed by atoms with Crippen LogP contribution in [0.25, 0.3) is 43.8 Å². The van der Waals surface area contributed by atoms with Crippen LogP contribution < -0.4 is 0 Å². The predicted molar refractivity (Wildman–Crippen MR) is 181 cm³/mol. The number of aryl methyl sites for hydroxylation is 2. The fourth-order valence-corrected chi connectivity index (χ4v) is 4.97. The van der Waals surface area contributed by atoms with E-state index in [-0.39, 0.29) is 30.2 Å². The van der Waals surface area contributed by atoms with Gasteiger partial charge in [-0.3, -0.25) is 0 Å². The third-order valence-electron chi connectivity index (χ3n) is 6.06. The maximum Gasteiger partial charge on any atom is 0.0411 e. The van der Waals surface area contributed by atoms with Gasteiger partial charge in [0.15, 0.2) is 0 Å². The summed E-state index contributed by atoms with van der Waals surface area (Å²) in [4.78, 5) is 0. The molecule has 0 aliphatic heterocycles. The summed E-state index contributed by atoms with van der Waals surface area (Å²) in [5, 5.41) is 6.74. The summed E-state index contributed by atoms with van der Waals surface area (Å²) in [6.07, 6.45) is 0. The van der Waals surface area contributed by atoms with Crippen molar-refractivity contribution >= 4 is 75.0 Å². The van der Waals surface area contributed by atoms with Gasteiger partial charge in [-0.2, -0.15) is 12.1 Å². The molecule has 0 saturated carbocycles. The van der Waals surface area contributed by atoms with E-state index in [0.29, 0.717) is 0 Å². The number of halogens is 4. The second-order valence-electron chi connectivity index (χ2n) is 9.70. The van der Waals surface area contributed by atoms with Gasteiger partial charge in [0.2, 0.25) is 0 Å². The van der Waals surface area contributed by atoms with E-state index >= 15 is 0 Å². The van der Waals surface area contributed by atoms with Crippen LogP contribution in [0.4, 0.5) is 0 Å². The number of rotatable bonds is 2. The molecule has 0 heterocycles. The zero-order chi connectivity index (χ0) is 27.2. The Kier molecular flexibility index (Phi) is 13.9. The summed E-state index contributed by atoms with van der Waals surface area (Å²) in [5.41, 5.74) is 7.66.